The number of nitrogens with zero attached hydrogens (tertiary/aromatic N) is 1. The normalized spacial score (nSPS) is 23.0. The number of carbonyl (C=O) groups excluding carboxylic acids is 1. The van der Waals surface area contributed by atoms with E-state index in [2.05, 4.69) is 5.32 Å². The number of β-lactam (4-membered cyclic amide) rings is 1. The van der Waals surface area contributed by atoms with Gasteiger partial charge < -0.3 is 15.2 Å². The predicted molar refractivity (Wildman–Crippen MR) is 73.5 cm³/mol. The minimum atomic E-state index is -1.05. The van der Waals surface area contributed by atoms with Crippen LogP contribution in [0.2, 0.25) is 0 Å². The lowest BCUT2D eigenvalue weighted by molar-refractivity contribution is -0.132. The lowest BCUT2D eigenvalue weighted by atomic mass is 9.87. The van der Waals surface area contributed by atoms with Gasteiger partial charge in [0.2, 0.25) is 5.91 Å². The number of carboxylic acid groups (broad SMARTS) is 1. The predicted octanol–water partition coefficient (Wildman–Crippen LogP) is 1.45. The Kier molecular flexibility index (Phi) is 5.64. The second kappa shape index (κ2) is 7.47. The maximum absolute atomic E-state index is 11.2. The second-order valence-electron chi connectivity index (χ2n) is 5.64. The zero-order chi connectivity index (χ0) is 14.4. The third-order valence-corrected chi connectivity index (χ3v) is 4.27. The molecule has 20 heavy (non-hydrogen) atoms. The molecule has 0 radical (unpaired) electrons. The smallest absolute Gasteiger partial charge is 0.408 e. The lowest BCUT2D eigenvalue weighted by Crippen LogP contribution is -2.63. The van der Waals surface area contributed by atoms with Crippen LogP contribution < -0.4 is 5.32 Å². The van der Waals surface area contributed by atoms with E-state index in [0.717, 1.165) is 12.3 Å². The lowest BCUT2D eigenvalue weighted by Gasteiger charge is -2.34. The van der Waals surface area contributed by atoms with Crippen LogP contribution in [0.25, 0.3) is 0 Å². The van der Waals surface area contributed by atoms with Gasteiger partial charge in [0.25, 0.3) is 0 Å². The van der Waals surface area contributed by atoms with Crippen molar-refractivity contribution in [3.63, 3.8) is 0 Å². The molecule has 0 spiro atoms. The summed E-state index contributed by atoms with van der Waals surface area (Å²) in [6.07, 6.45) is 6.62. The first-order chi connectivity index (χ1) is 9.68. The highest BCUT2D eigenvalue weighted by molar-refractivity contribution is 5.90. The van der Waals surface area contributed by atoms with Crippen LogP contribution in [0.4, 0.5) is 4.79 Å². The maximum atomic E-state index is 11.2. The molecule has 1 saturated heterocycles. The van der Waals surface area contributed by atoms with Crippen LogP contribution in [-0.2, 0) is 9.53 Å². The monoisotopic (exact) mass is 284 g/mol. The van der Waals surface area contributed by atoms with Crippen LogP contribution in [0.15, 0.2) is 0 Å². The summed E-state index contributed by atoms with van der Waals surface area (Å²) >= 11 is 0. The summed E-state index contributed by atoms with van der Waals surface area (Å²) in [4.78, 5) is 23.5. The van der Waals surface area contributed by atoms with E-state index >= 15 is 0 Å². The first-order valence-electron chi connectivity index (χ1n) is 7.53. The molecule has 0 aromatic heterocycles. The van der Waals surface area contributed by atoms with E-state index in [1.54, 1.807) is 0 Å². The van der Waals surface area contributed by atoms with Crippen LogP contribution in [0.3, 0.4) is 0 Å². The van der Waals surface area contributed by atoms with E-state index in [1.165, 1.54) is 37.0 Å². The number of hydrogen-bond donors (Lipinski definition) is 2. The SMILES string of the molecule is O=C1NCC1N(CCOCCC1CCCCC1)C(=O)O. The Labute approximate surface area is 119 Å². The molecule has 2 N–H and O–H groups in total. The van der Waals surface area contributed by atoms with Crippen molar-refractivity contribution in [2.24, 2.45) is 5.92 Å². The fourth-order valence-corrected chi connectivity index (χ4v) is 2.90. The topological polar surface area (TPSA) is 78.9 Å². The summed E-state index contributed by atoms with van der Waals surface area (Å²) < 4.78 is 5.53. The molecular weight excluding hydrogens is 260 g/mol. The minimum Gasteiger partial charge on any atom is -0.465 e. The highest BCUT2D eigenvalue weighted by Crippen LogP contribution is 2.26. The van der Waals surface area contributed by atoms with Crippen LogP contribution in [0, 0.1) is 5.92 Å². The van der Waals surface area contributed by atoms with Gasteiger partial charge in [-0.05, 0) is 12.3 Å². The van der Waals surface area contributed by atoms with Crippen molar-refractivity contribution in [3.05, 3.63) is 0 Å². The molecule has 0 bridgehead atoms. The largest absolute Gasteiger partial charge is 0.465 e. The third kappa shape index (κ3) is 4.10. The van der Waals surface area contributed by atoms with E-state index in [4.69, 9.17) is 9.84 Å². The van der Waals surface area contributed by atoms with Gasteiger partial charge in [-0.15, -0.1) is 0 Å². The highest BCUT2D eigenvalue weighted by atomic mass is 16.5. The minimum absolute atomic E-state index is 0.213. The van der Waals surface area contributed by atoms with Crippen molar-refractivity contribution >= 4 is 12.0 Å². The van der Waals surface area contributed by atoms with E-state index in [9.17, 15) is 9.59 Å². The van der Waals surface area contributed by atoms with Crippen molar-refractivity contribution in [3.8, 4) is 0 Å². The highest BCUT2D eigenvalue weighted by Gasteiger charge is 2.36. The van der Waals surface area contributed by atoms with Crippen molar-refractivity contribution in [2.75, 3.05) is 26.3 Å². The molecule has 1 unspecified atom stereocenters. The number of hydrogen-bond acceptors (Lipinski definition) is 3. The standard InChI is InChI=1S/C14H24N2O4/c17-13-12(10-15-13)16(14(18)19)7-9-20-8-6-11-4-2-1-3-5-11/h11-12H,1-10H2,(H,15,17)(H,18,19). The molecule has 114 valence electrons. The summed E-state index contributed by atoms with van der Waals surface area (Å²) in [5.74, 6) is 0.561. The third-order valence-electron chi connectivity index (χ3n) is 4.27. The van der Waals surface area contributed by atoms with Crippen molar-refractivity contribution < 1.29 is 19.4 Å². The Morgan fingerprint density at radius 2 is 2.05 bits per heavy atom. The van der Waals surface area contributed by atoms with Crippen LogP contribution in [0.1, 0.15) is 38.5 Å². The number of amides is 2. The zero-order valence-electron chi connectivity index (χ0n) is 11.8. The summed E-state index contributed by atoms with van der Waals surface area (Å²) in [5.41, 5.74) is 0. The van der Waals surface area contributed by atoms with Gasteiger partial charge in [0.05, 0.1) is 6.61 Å². The maximum Gasteiger partial charge on any atom is 0.408 e. The van der Waals surface area contributed by atoms with E-state index in [-0.39, 0.29) is 12.5 Å². The number of nitrogens with one attached hydrogen (secondary N) is 1. The van der Waals surface area contributed by atoms with Crippen LogP contribution in [0.5, 0.6) is 0 Å². The van der Waals surface area contributed by atoms with Crippen LogP contribution >= 0.6 is 0 Å². The van der Waals surface area contributed by atoms with Gasteiger partial charge in [-0.2, -0.15) is 0 Å². The Hall–Kier alpha value is -1.30. The quantitative estimate of drug-likeness (QED) is 0.548. The van der Waals surface area contributed by atoms with Crippen LogP contribution in [-0.4, -0.2) is 54.4 Å². The molecule has 1 saturated carbocycles. The number of carbonyl (C=O) groups is 2. The average molecular weight is 284 g/mol. The summed E-state index contributed by atoms with van der Waals surface area (Å²) in [7, 11) is 0. The molecule has 2 rings (SSSR count). The Balaban J connectivity index is 1.58. The zero-order valence-corrected chi connectivity index (χ0v) is 11.8. The summed E-state index contributed by atoms with van der Waals surface area (Å²) in [6, 6.07) is -0.533. The van der Waals surface area contributed by atoms with Crippen molar-refractivity contribution in [2.45, 2.75) is 44.6 Å². The summed E-state index contributed by atoms with van der Waals surface area (Å²) in [5, 5.41) is 11.6. The Morgan fingerprint density at radius 1 is 1.30 bits per heavy atom. The number of rotatable bonds is 7. The van der Waals surface area contributed by atoms with E-state index in [1.807, 2.05) is 0 Å². The molecule has 0 aromatic rings. The van der Waals surface area contributed by atoms with Gasteiger partial charge in [-0.1, -0.05) is 32.1 Å². The molecule has 2 fully saturated rings. The number of ether oxygens (including phenoxy) is 1. The van der Waals surface area contributed by atoms with Gasteiger partial charge in [0.15, 0.2) is 0 Å². The first-order valence-corrected chi connectivity index (χ1v) is 7.53. The van der Waals surface area contributed by atoms with Gasteiger partial charge in [0.1, 0.15) is 6.04 Å². The van der Waals surface area contributed by atoms with Gasteiger partial charge in [-0.3, -0.25) is 9.69 Å². The van der Waals surface area contributed by atoms with Gasteiger partial charge >= 0.3 is 6.09 Å². The Morgan fingerprint density at radius 3 is 2.60 bits per heavy atom. The van der Waals surface area contributed by atoms with Crippen molar-refractivity contribution in [1.29, 1.82) is 0 Å². The summed E-state index contributed by atoms with van der Waals surface area (Å²) in [6.45, 7) is 1.73. The van der Waals surface area contributed by atoms with E-state index < -0.39 is 12.1 Å². The molecular formula is C14H24N2O4. The van der Waals surface area contributed by atoms with Crippen molar-refractivity contribution in [1.82, 2.24) is 10.2 Å². The van der Waals surface area contributed by atoms with Gasteiger partial charge in [0, 0.05) is 19.7 Å². The van der Waals surface area contributed by atoms with E-state index in [0.29, 0.717) is 19.8 Å². The Bertz CT molecular complexity index is 342. The second-order valence-corrected chi connectivity index (χ2v) is 5.64. The molecule has 6 heteroatoms. The van der Waals surface area contributed by atoms with Gasteiger partial charge in [-0.25, -0.2) is 4.79 Å². The molecule has 1 atom stereocenters. The fraction of sp³-hybridized carbons (Fsp3) is 0.857. The molecule has 2 aliphatic rings. The molecule has 1 heterocycles. The average Bonchev–Trinajstić information content (AvgIpc) is 2.44. The fourth-order valence-electron chi connectivity index (χ4n) is 2.90. The molecule has 0 aromatic carbocycles. The molecule has 6 nitrogen and oxygen atoms in total. The first kappa shape index (κ1) is 15.1. The molecule has 2 amide bonds. The molecule has 1 aliphatic heterocycles. The molecule has 1 aliphatic carbocycles.